The lowest BCUT2D eigenvalue weighted by molar-refractivity contribution is 0.210. The number of benzene rings is 2. The Morgan fingerprint density at radius 3 is 2.35 bits per heavy atom. The summed E-state index contributed by atoms with van der Waals surface area (Å²) in [5, 5.41) is 0.438. The van der Waals surface area contributed by atoms with Gasteiger partial charge in [0.15, 0.2) is 11.5 Å². The van der Waals surface area contributed by atoms with Gasteiger partial charge >= 0.3 is 0 Å². The SMILES string of the molecule is COc1ccc(-c2coc3cccc(OCC4CCCCC4)c3c2=O)c(OC)c1OC. The van der Waals surface area contributed by atoms with Crippen LogP contribution in [0.3, 0.4) is 0 Å². The molecule has 0 spiro atoms. The van der Waals surface area contributed by atoms with Gasteiger partial charge < -0.3 is 23.4 Å². The molecule has 6 heteroatoms. The average molecular weight is 424 g/mol. The summed E-state index contributed by atoms with van der Waals surface area (Å²) in [5.41, 5.74) is 1.26. The van der Waals surface area contributed by atoms with E-state index in [0.717, 1.165) is 0 Å². The number of rotatable bonds is 7. The summed E-state index contributed by atoms with van der Waals surface area (Å²) in [7, 11) is 4.61. The lowest BCUT2D eigenvalue weighted by atomic mass is 9.90. The third-order valence-electron chi connectivity index (χ3n) is 5.96. The molecule has 31 heavy (non-hydrogen) atoms. The highest BCUT2D eigenvalue weighted by Crippen LogP contribution is 2.44. The van der Waals surface area contributed by atoms with Crippen LogP contribution in [0.4, 0.5) is 0 Å². The van der Waals surface area contributed by atoms with Crippen LogP contribution in [0.1, 0.15) is 32.1 Å². The Kier molecular flexibility index (Phi) is 6.35. The first-order valence-corrected chi connectivity index (χ1v) is 10.6. The van der Waals surface area contributed by atoms with Crippen molar-refractivity contribution in [3.63, 3.8) is 0 Å². The molecule has 0 aliphatic heterocycles. The summed E-state index contributed by atoms with van der Waals surface area (Å²) in [6.07, 6.45) is 7.59. The van der Waals surface area contributed by atoms with Crippen LogP contribution in [0.5, 0.6) is 23.0 Å². The number of methoxy groups -OCH3 is 3. The molecule has 0 atom stereocenters. The van der Waals surface area contributed by atoms with E-state index < -0.39 is 0 Å². The molecule has 6 nitrogen and oxygen atoms in total. The summed E-state index contributed by atoms with van der Waals surface area (Å²) < 4.78 is 28.4. The Morgan fingerprint density at radius 1 is 0.871 bits per heavy atom. The maximum Gasteiger partial charge on any atom is 0.204 e. The molecule has 1 aliphatic carbocycles. The second-order valence-corrected chi connectivity index (χ2v) is 7.80. The second-order valence-electron chi connectivity index (χ2n) is 7.80. The van der Waals surface area contributed by atoms with E-state index in [4.69, 9.17) is 23.4 Å². The van der Waals surface area contributed by atoms with E-state index in [-0.39, 0.29) is 5.43 Å². The van der Waals surface area contributed by atoms with Gasteiger partial charge in [-0.05, 0) is 43.0 Å². The van der Waals surface area contributed by atoms with Crippen molar-refractivity contribution in [2.75, 3.05) is 27.9 Å². The van der Waals surface area contributed by atoms with Gasteiger partial charge in [-0.2, -0.15) is 0 Å². The van der Waals surface area contributed by atoms with E-state index >= 15 is 0 Å². The molecule has 0 unspecified atom stereocenters. The topological polar surface area (TPSA) is 67.1 Å². The van der Waals surface area contributed by atoms with Gasteiger partial charge in [0.05, 0.1) is 33.5 Å². The summed E-state index contributed by atoms with van der Waals surface area (Å²) in [5.74, 6) is 2.44. The molecule has 0 amide bonds. The molecule has 2 aromatic carbocycles. The van der Waals surface area contributed by atoms with Crippen molar-refractivity contribution in [1.82, 2.24) is 0 Å². The van der Waals surface area contributed by atoms with Crippen molar-refractivity contribution in [3.05, 3.63) is 46.8 Å². The van der Waals surface area contributed by atoms with Gasteiger partial charge in [-0.15, -0.1) is 0 Å². The number of ether oxygens (including phenoxy) is 4. The summed E-state index contributed by atoms with van der Waals surface area (Å²) in [4.78, 5) is 13.6. The van der Waals surface area contributed by atoms with Crippen LogP contribution in [0.25, 0.3) is 22.1 Å². The van der Waals surface area contributed by atoms with E-state index in [0.29, 0.717) is 57.6 Å². The average Bonchev–Trinajstić information content (AvgIpc) is 2.82. The van der Waals surface area contributed by atoms with Crippen LogP contribution in [-0.2, 0) is 0 Å². The minimum Gasteiger partial charge on any atom is -0.493 e. The van der Waals surface area contributed by atoms with E-state index in [1.807, 2.05) is 12.1 Å². The van der Waals surface area contributed by atoms with Crippen molar-refractivity contribution in [2.45, 2.75) is 32.1 Å². The maximum atomic E-state index is 13.6. The van der Waals surface area contributed by atoms with Crippen LogP contribution in [-0.4, -0.2) is 27.9 Å². The standard InChI is InChI=1S/C25H28O6/c1-27-21-13-12-17(24(28-2)25(21)29-3)18-15-31-20-11-7-10-19(22(20)23(18)26)30-14-16-8-5-4-6-9-16/h7,10-13,15-16H,4-6,8-9,14H2,1-3H3. The molecule has 0 bridgehead atoms. The van der Waals surface area contributed by atoms with E-state index in [9.17, 15) is 4.79 Å². The van der Waals surface area contributed by atoms with Crippen molar-refractivity contribution < 1.29 is 23.4 Å². The van der Waals surface area contributed by atoms with Gasteiger partial charge in [-0.25, -0.2) is 0 Å². The third-order valence-corrected chi connectivity index (χ3v) is 5.96. The molecule has 1 aliphatic rings. The Bertz CT molecular complexity index is 1110. The fourth-order valence-electron chi connectivity index (χ4n) is 4.32. The van der Waals surface area contributed by atoms with E-state index in [2.05, 4.69) is 0 Å². The van der Waals surface area contributed by atoms with Crippen molar-refractivity contribution >= 4 is 11.0 Å². The van der Waals surface area contributed by atoms with Gasteiger partial charge in [0.25, 0.3) is 0 Å². The zero-order chi connectivity index (χ0) is 21.8. The Balaban J connectivity index is 1.78. The minimum atomic E-state index is -0.175. The van der Waals surface area contributed by atoms with Crippen LogP contribution < -0.4 is 24.4 Å². The first-order valence-electron chi connectivity index (χ1n) is 10.6. The Hall–Kier alpha value is -3.15. The predicted octanol–water partition coefficient (Wildman–Crippen LogP) is 5.44. The monoisotopic (exact) mass is 424 g/mol. The lowest BCUT2D eigenvalue weighted by Crippen LogP contribution is -2.16. The van der Waals surface area contributed by atoms with Crippen molar-refractivity contribution in [1.29, 1.82) is 0 Å². The zero-order valence-corrected chi connectivity index (χ0v) is 18.2. The smallest absolute Gasteiger partial charge is 0.204 e. The molecule has 4 rings (SSSR count). The highest BCUT2D eigenvalue weighted by Gasteiger charge is 2.22. The summed E-state index contributed by atoms with van der Waals surface area (Å²) >= 11 is 0. The molecule has 1 fully saturated rings. The van der Waals surface area contributed by atoms with Crippen LogP contribution >= 0.6 is 0 Å². The molecule has 1 heterocycles. The molecule has 0 N–H and O–H groups in total. The first-order chi connectivity index (χ1) is 15.2. The maximum absolute atomic E-state index is 13.6. The van der Waals surface area contributed by atoms with Crippen LogP contribution in [0.2, 0.25) is 0 Å². The van der Waals surface area contributed by atoms with E-state index in [1.54, 1.807) is 25.3 Å². The highest BCUT2D eigenvalue weighted by atomic mass is 16.5. The fraction of sp³-hybridized carbons (Fsp3) is 0.400. The van der Waals surface area contributed by atoms with Gasteiger partial charge in [-0.3, -0.25) is 4.79 Å². The van der Waals surface area contributed by atoms with Crippen molar-refractivity contribution in [2.24, 2.45) is 5.92 Å². The predicted molar refractivity (Wildman–Crippen MR) is 120 cm³/mol. The molecule has 0 saturated heterocycles. The summed E-state index contributed by atoms with van der Waals surface area (Å²) in [6, 6.07) is 8.96. The Morgan fingerprint density at radius 2 is 1.65 bits per heavy atom. The molecule has 1 saturated carbocycles. The number of hydrogen-bond donors (Lipinski definition) is 0. The second kappa shape index (κ2) is 9.33. The van der Waals surface area contributed by atoms with Gasteiger partial charge in [0, 0.05) is 5.56 Å². The fourth-order valence-corrected chi connectivity index (χ4v) is 4.32. The first kappa shape index (κ1) is 21.1. The highest BCUT2D eigenvalue weighted by molar-refractivity contribution is 5.88. The molecule has 3 aromatic rings. The summed E-state index contributed by atoms with van der Waals surface area (Å²) in [6.45, 7) is 0.614. The van der Waals surface area contributed by atoms with Gasteiger partial charge in [-0.1, -0.05) is 25.3 Å². The van der Waals surface area contributed by atoms with Gasteiger partial charge in [0.1, 0.15) is 23.0 Å². The van der Waals surface area contributed by atoms with Crippen LogP contribution in [0, 0.1) is 5.92 Å². The molecular weight excluding hydrogens is 396 g/mol. The molecule has 0 radical (unpaired) electrons. The van der Waals surface area contributed by atoms with Gasteiger partial charge in [0.2, 0.25) is 11.2 Å². The normalized spacial score (nSPS) is 14.4. The van der Waals surface area contributed by atoms with Crippen molar-refractivity contribution in [3.8, 4) is 34.1 Å². The van der Waals surface area contributed by atoms with E-state index in [1.165, 1.54) is 52.6 Å². The molecular formula is C25H28O6. The number of fused-ring (bicyclic) bond motifs is 1. The lowest BCUT2D eigenvalue weighted by Gasteiger charge is -2.22. The quantitative estimate of drug-likeness (QED) is 0.503. The zero-order valence-electron chi connectivity index (χ0n) is 18.2. The third kappa shape index (κ3) is 4.07. The Labute approximate surface area is 181 Å². The minimum absolute atomic E-state index is 0.175. The van der Waals surface area contributed by atoms with Crippen LogP contribution in [0.15, 0.2) is 45.8 Å². The number of hydrogen-bond acceptors (Lipinski definition) is 6. The molecule has 1 aromatic heterocycles. The molecule has 164 valence electrons. The largest absolute Gasteiger partial charge is 0.493 e.